The number of sulfonamides is 1. The summed E-state index contributed by atoms with van der Waals surface area (Å²) in [6, 6.07) is 2.40. The number of H-pyrrole nitrogens is 1. The van der Waals surface area contributed by atoms with Gasteiger partial charge in [-0.05, 0) is 19.1 Å². The summed E-state index contributed by atoms with van der Waals surface area (Å²) in [6.07, 6.45) is 0. The topological polar surface area (TPSA) is 101 Å². The molecule has 7 nitrogen and oxygen atoms in total. The SMILES string of the molecule is CC(NS(=O)(=O)c1ccc(Cl)s1)c1nn[nH]n1. The molecule has 1 unspecified atom stereocenters. The van der Waals surface area contributed by atoms with E-state index in [2.05, 4.69) is 25.3 Å². The minimum absolute atomic E-state index is 0.151. The van der Waals surface area contributed by atoms with Gasteiger partial charge >= 0.3 is 0 Å². The average Bonchev–Trinajstić information content (AvgIpc) is 2.86. The van der Waals surface area contributed by atoms with E-state index in [4.69, 9.17) is 11.6 Å². The molecule has 2 N–H and O–H groups in total. The first-order valence-electron chi connectivity index (χ1n) is 4.50. The molecule has 0 fully saturated rings. The molecule has 2 rings (SSSR count). The van der Waals surface area contributed by atoms with Gasteiger partial charge in [0.1, 0.15) is 4.21 Å². The van der Waals surface area contributed by atoms with E-state index in [0.717, 1.165) is 11.3 Å². The average molecular weight is 294 g/mol. The molecule has 2 aromatic heterocycles. The van der Waals surface area contributed by atoms with Crippen LogP contribution in [0.2, 0.25) is 4.34 Å². The van der Waals surface area contributed by atoms with E-state index >= 15 is 0 Å². The van der Waals surface area contributed by atoms with Crippen LogP contribution in [-0.2, 0) is 10.0 Å². The van der Waals surface area contributed by atoms with Gasteiger partial charge in [0.05, 0.1) is 10.4 Å². The Balaban J connectivity index is 2.18. The van der Waals surface area contributed by atoms with E-state index < -0.39 is 16.1 Å². The van der Waals surface area contributed by atoms with Gasteiger partial charge in [-0.25, -0.2) is 8.42 Å². The van der Waals surface area contributed by atoms with E-state index in [9.17, 15) is 8.42 Å². The fraction of sp³-hybridized carbons (Fsp3) is 0.286. The van der Waals surface area contributed by atoms with Gasteiger partial charge in [0, 0.05) is 0 Å². The van der Waals surface area contributed by atoms with E-state index in [1.807, 2.05) is 0 Å². The monoisotopic (exact) mass is 293 g/mol. The van der Waals surface area contributed by atoms with E-state index in [1.165, 1.54) is 12.1 Å². The van der Waals surface area contributed by atoms with Crippen molar-refractivity contribution in [2.24, 2.45) is 0 Å². The van der Waals surface area contributed by atoms with Crippen LogP contribution in [0.1, 0.15) is 18.8 Å². The molecule has 1 atom stereocenters. The third-order valence-corrected chi connectivity index (χ3v) is 5.16. The van der Waals surface area contributed by atoms with Crippen molar-refractivity contribution in [1.29, 1.82) is 0 Å². The summed E-state index contributed by atoms with van der Waals surface area (Å²) in [4.78, 5) is 0. The molecule has 0 bridgehead atoms. The van der Waals surface area contributed by atoms with E-state index in [1.54, 1.807) is 6.92 Å². The van der Waals surface area contributed by atoms with Crippen molar-refractivity contribution in [2.45, 2.75) is 17.2 Å². The second-order valence-electron chi connectivity index (χ2n) is 3.17. The number of halogens is 1. The minimum Gasteiger partial charge on any atom is -0.206 e. The van der Waals surface area contributed by atoms with Crippen LogP contribution in [0.3, 0.4) is 0 Å². The lowest BCUT2D eigenvalue weighted by Crippen LogP contribution is -2.27. The summed E-state index contributed by atoms with van der Waals surface area (Å²) in [6.45, 7) is 1.62. The maximum absolute atomic E-state index is 11.9. The molecule has 0 aromatic carbocycles. The molecule has 0 saturated heterocycles. The summed E-state index contributed by atoms with van der Waals surface area (Å²) >= 11 is 6.67. The zero-order chi connectivity index (χ0) is 12.5. The van der Waals surface area contributed by atoms with Gasteiger partial charge in [0.2, 0.25) is 0 Å². The number of hydrogen-bond acceptors (Lipinski definition) is 6. The number of nitrogens with one attached hydrogen (secondary N) is 2. The smallest absolute Gasteiger partial charge is 0.206 e. The van der Waals surface area contributed by atoms with Gasteiger partial charge in [-0.2, -0.15) is 9.94 Å². The largest absolute Gasteiger partial charge is 0.250 e. The molecule has 10 heteroatoms. The molecule has 92 valence electrons. The first-order valence-corrected chi connectivity index (χ1v) is 7.18. The number of hydrogen-bond donors (Lipinski definition) is 2. The normalized spacial score (nSPS) is 13.8. The highest BCUT2D eigenvalue weighted by molar-refractivity contribution is 7.91. The fourth-order valence-corrected chi connectivity index (χ4v) is 3.84. The molecule has 0 aliphatic heterocycles. The Kier molecular flexibility index (Phi) is 3.43. The van der Waals surface area contributed by atoms with Crippen molar-refractivity contribution in [2.75, 3.05) is 0 Å². The molecule has 0 aliphatic carbocycles. The lowest BCUT2D eigenvalue weighted by molar-refractivity contribution is 0.562. The molecule has 0 radical (unpaired) electrons. The number of thiophene rings is 1. The Bertz CT molecular complexity index is 594. The van der Waals surface area contributed by atoms with Crippen LogP contribution in [0.15, 0.2) is 16.3 Å². The predicted molar refractivity (Wildman–Crippen MR) is 62.2 cm³/mol. The number of tetrazole rings is 1. The number of rotatable bonds is 4. The zero-order valence-corrected chi connectivity index (χ0v) is 11.0. The second kappa shape index (κ2) is 4.69. The Morgan fingerprint density at radius 3 is 2.82 bits per heavy atom. The van der Waals surface area contributed by atoms with Crippen molar-refractivity contribution in [3.05, 3.63) is 22.3 Å². The van der Waals surface area contributed by atoms with Crippen LogP contribution in [0.5, 0.6) is 0 Å². The molecule has 0 aliphatic rings. The van der Waals surface area contributed by atoms with Gasteiger partial charge in [-0.3, -0.25) is 0 Å². The van der Waals surface area contributed by atoms with Crippen LogP contribution in [0.4, 0.5) is 0 Å². The molecule has 0 spiro atoms. The number of nitrogens with zero attached hydrogens (tertiary/aromatic N) is 3. The van der Waals surface area contributed by atoms with E-state index in [-0.39, 0.29) is 10.0 Å². The molecular formula is C7H8ClN5O2S2. The fourth-order valence-electron chi connectivity index (χ4n) is 1.14. The number of aromatic amines is 1. The Labute approximate surface area is 106 Å². The minimum atomic E-state index is -3.60. The van der Waals surface area contributed by atoms with Gasteiger partial charge in [-0.15, -0.1) is 21.5 Å². The summed E-state index contributed by atoms with van der Waals surface area (Å²) in [5.41, 5.74) is 0. The summed E-state index contributed by atoms with van der Waals surface area (Å²) in [5.74, 6) is 0.274. The Morgan fingerprint density at radius 1 is 1.53 bits per heavy atom. The number of aromatic nitrogens is 4. The van der Waals surface area contributed by atoms with E-state index in [0.29, 0.717) is 4.34 Å². The predicted octanol–water partition coefficient (Wildman–Crippen LogP) is 0.954. The summed E-state index contributed by atoms with van der Waals surface area (Å²) in [7, 11) is -3.60. The highest BCUT2D eigenvalue weighted by Gasteiger charge is 2.22. The second-order valence-corrected chi connectivity index (χ2v) is 6.83. The quantitative estimate of drug-likeness (QED) is 0.874. The molecule has 2 aromatic rings. The lowest BCUT2D eigenvalue weighted by atomic mass is 10.4. The summed E-state index contributed by atoms with van der Waals surface area (Å²) in [5, 5.41) is 13.0. The molecule has 17 heavy (non-hydrogen) atoms. The molecule has 0 saturated carbocycles. The standard InChI is InChI=1S/C7H8ClN5O2S2/c1-4(7-9-12-13-10-7)11-17(14,15)6-3-2-5(8)16-6/h2-4,11H,1H3,(H,9,10,12,13). The zero-order valence-electron chi connectivity index (χ0n) is 8.58. The van der Waals surface area contributed by atoms with Crippen LogP contribution in [0.25, 0.3) is 0 Å². The maximum atomic E-state index is 11.9. The van der Waals surface area contributed by atoms with Gasteiger partial charge < -0.3 is 0 Å². The first-order chi connectivity index (χ1) is 7.99. The van der Waals surface area contributed by atoms with Gasteiger partial charge in [-0.1, -0.05) is 16.8 Å². The lowest BCUT2D eigenvalue weighted by Gasteiger charge is -2.08. The highest BCUT2D eigenvalue weighted by Crippen LogP contribution is 2.26. The van der Waals surface area contributed by atoms with Crippen molar-refractivity contribution in [3.8, 4) is 0 Å². The van der Waals surface area contributed by atoms with Crippen molar-refractivity contribution < 1.29 is 8.42 Å². The Morgan fingerprint density at radius 2 is 2.29 bits per heavy atom. The van der Waals surface area contributed by atoms with Gasteiger partial charge in [0.15, 0.2) is 5.82 Å². The molecule has 2 heterocycles. The van der Waals surface area contributed by atoms with Crippen molar-refractivity contribution in [1.82, 2.24) is 25.3 Å². The molecule has 0 amide bonds. The van der Waals surface area contributed by atoms with Crippen molar-refractivity contribution in [3.63, 3.8) is 0 Å². The van der Waals surface area contributed by atoms with Crippen LogP contribution >= 0.6 is 22.9 Å². The first kappa shape index (κ1) is 12.4. The summed E-state index contributed by atoms with van der Waals surface area (Å²) < 4.78 is 26.8. The third-order valence-electron chi connectivity index (χ3n) is 1.89. The van der Waals surface area contributed by atoms with Crippen LogP contribution < -0.4 is 4.72 Å². The van der Waals surface area contributed by atoms with Gasteiger partial charge in [0.25, 0.3) is 10.0 Å². The Hall–Kier alpha value is -1.03. The highest BCUT2D eigenvalue weighted by atomic mass is 35.5. The van der Waals surface area contributed by atoms with Crippen molar-refractivity contribution >= 4 is 33.0 Å². The third kappa shape index (κ3) is 2.80. The maximum Gasteiger partial charge on any atom is 0.250 e. The van der Waals surface area contributed by atoms with Crippen LogP contribution in [-0.4, -0.2) is 29.0 Å². The van der Waals surface area contributed by atoms with Crippen LogP contribution in [0, 0.1) is 0 Å². The molecular weight excluding hydrogens is 286 g/mol.